The van der Waals surface area contributed by atoms with Crippen molar-refractivity contribution >= 4 is 27.4 Å². The average Bonchev–Trinajstić information content (AvgIpc) is 3.31. The molecule has 0 saturated carbocycles. The van der Waals surface area contributed by atoms with Gasteiger partial charge in [-0.2, -0.15) is 9.49 Å². The van der Waals surface area contributed by atoms with E-state index in [1.165, 1.54) is 6.20 Å². The van der Waals surface area contributed by atoms with Gasteiger partial charge >= 0.3 is 0 Å². The Hall–Kier alpha value is -3.07. The number of hydrogen-bond acceptors (Lipinski definition) is 4. The summed E-state index contributed by atoms with van der Waals surface area (Å²) in [7, 11) is 0. The van der Waals surface area contributed by atoms with Crippen molar-refractivity contribution < 1.29 is 9.18 Å². The number of pyridine rings is 2. The Balaban J connectivity index is 1.43. The summed E-state index contributed by atoms with van der Waals surface area (Å²) in [4.78, 5) is 22.7. The summed E-state index contributed by atoms with van der Waals surface area (Å²) in [6.45, 7) is 1.37. The van der Waals surface area contributed by atoms with E-state index in [0.717, 1.165) is 9.99 Å². The van der Waals surface area contributed by atoms with Crippen molar-refractivity contribution in [1.82, 2.24) is 29.0 Å². The standard InChI is InChI=1S/C19H14BrFN6O/c20-12-3-4-13-8-15(24-27(13)10-12)19(28)25-6-7-26-16(9-23-17(26)11-25)14-2-1-5-22-18(14)21/h1-5,8-10H,6-7,11H2. The topological polar surface area (TPSA) is 68.3 Å². The van der Waals surface area contributed by atoms with Crippen LogP contribution in [0.5, 0.6) is 0 Å². The molecule has 28 heavy (non-hydrogen) atoms. The number of hydrogen-bond donors (Lipinski definition) is 0. The summed E-state index contributed by atoms with van der Waals surface area (Å²) in [6, 6.07) is 8.94. The molecule has 0 aromatic carbocycles. The van der Waals surface area contributed by atoms with Gasteiger partial charge in [-0.25, -0.2) is 14.5 Å². The summed E-state index contributed by atoms with van der Waals surface area (Å²) in [5, 5.41) is 4.38. The molecular formula is C19H14BrFN6O. The van der Waals surface area contributed by atoms with Gasteiger partial charge in [-0.3, -0.25) is 4.79 Å². The highest BCUT2D eigenvalue weighted by atomic mass is 79.9. The first-order valence-electron chi connectivity index (χ1n) is 8.69. The number of carbonyl (C=O) groups is 1. The Morgan fingerprint density at radius 2 is 2.07 bits per heavy atom. The van der Waals surface area contributed by atoms with Crippen LogP contribution in [0.3, 0.4) is 0 Å². The zero-order chi connectivity index (χ0) is 19.3. The fourth-order valence-corrected chi connectivity index (χ4v) is 3.78. The molecule has 0 N–H and O–H groups in total. The van der Waals surface area contributed by atoms with Crippen molar-refractivity contribution in [2.24, 2.45) is 0 Å². The number of carbonyl (C=O) groups excluding carboxylic acids is 1. The molecule has 0 aliphatic carbocycles. The van der Waals surface area contributed by atoms with Crippen molar-refractivity contribution in [3.63, 3.8) is 0 Å². The van der Waals surface area contributed by atoms with Crippen molar-refractivity contribution in [2.75, 3.05) is 6.54 Å². The number of imidazole rings is 1. The van der Waals surface area contributed by atoms with E-state index in [1.54, 1.807) is 33.8 Å². The third kappa shape index (κ3) is 2.78. The maximum atomic E-state index is 14.0. The summed E-state index contributed by atoms with van der Waals surface area (Å²) < 4.78 is 18.5. The number of halogens is 2. The molecule has 1 amide bonds. The molecule has 0 fully saturated rings. The lowest BCUT2D eigenvalue weighted by molar-refractivity contribution is 0.0701. The molecule has 7 nitrogen and oxygen atoms in total. The maximum Gasteiger partial charge on any atom is 0.274 e. The zero-order valence-corrected chi connectivity index (χ0v) is 16.2. The van der Waals surface area contributed by atoms with E-state index in [2.05, 4.69) is 31.0 Å². The van der Waals surface area contributed by atoms with Gasteiger partial charge in [0.1, 0.15) is 5.82 Å². The lowest BCUT2D eigenvalue weighted by atomic mass is 10.2. The molecule has 0 saturated heterocycles. The van der Waals surface area contributed by atoms with Crippen molar-refractivity contribution in [3.8, 4) is 11.3 Å². The molecule has 0 spiro atoms. The van der Waals surface area contributed by atoms with Crippen molar-refractivity contribution in [1.29, 1.82) is 0 Å². The highest BCUT2D eigenvalue weighted by Gasteiger charge is 2.27. The van der Waals surface area contributed by atoms with E-state index in [1.807, 2.05) is 22.9 Å². The summed E-state index contributed by atoms with van der Waals surface area (Å²) >= 11 is 3.40. The lowest BCUT2D eigenvalue weighted by Gasteiger charge is -2.28. The molecule has 0 atom stereocenters. The molecule has 4 aromatic rings. The summed E-state index contributed by atoms with van der Waals surface area (Å²) in [6.07, 6.45) is 4.86. The average molecular weight is 441 g/mol. The van der Waals surface area contributed by atoms with Crippen LogP contribution in [0.1, 0.15) is 16.3 Å². The highest BCUT2D eigenvalue weighted by Crippen LogP contribution is 2.26. The minimum absolute atomic E-state index is 0.150. The third-order valence-electron chi connectivity index (χ3n) is 4.83. The minimum Gasteiger partial charge on any atom is -0.328 e. The molecule has 5 rings (SSSR count). The number of rotatable bonds is 2. The molecule has 1 aliphatic heterocycles. The molecule has 5 heterocycles. The quantitative estimate of drug-likeness (QED) is 0.449. The highest BCUT2D eigenvalue weighted by molar-refractivity contribution is 9.10. The normalized spacial score (nSPS) is 13.7. The number of nitrogens with zero attached hydrogens (tertiary/aromatic N) is 6. The second-order valence-corrected chi connectivity index (χ2v) is 7.44. The van der Waals surface area contributed by atoms with Gasteiger partial charge in [-0.15, -0.1) is 0 Å². The van der Waals surface area contributed by atoms with Gasteiger partial charge in [0.05, 0.1) is 29.5 Å². The van der Waals surface area contributed by atoms with Crippen LogP contribution >= 0.6 is 15.9 Å². The van der Waals surface area contributed by atoms with Crippen molar-refractivity contribution in [2.45, 2.75) is 13.1 Å². The Labute approximate surface area is 167 Å². The molecular weight excluding hydrogens is 427 g/mol. The van der Waals surface area contributed by atoms with Crippen LogP contribution in [0.15, 0.2) is 53.4 Å². The Morgan fingerprint density at radius 3 is 2.93 bits per heavy atom. The minimum atomic E-state index is -0.528. The number of fused-ring (bicyclic) bond motifs is 2. The molecule has 0 radical (unpaired) electrons. The van der Waals surface area contributed by atoms with Crippen LogP contribution in [-0.2, 0) is 13.1 Å². The van der Waals surface area contributed by atoms with Gasteiger partial charge < -0.3 is 9.47 Å². The Bertz CT molecular complexity index is 1220. The maximum absolute atomic E-state index is 14.0. The smallest absolute Gasteiger partial charge is 0.274 e. The van der Waals surface area contributed by atoms with Gasteiger partial charge in [-0.1, -0.05) is 0 Å². The van der Waals surface area contributed by atoms with E-state index in [0.29, 0.717) is 42.4 Å². The molecule has 1 aliphatic rings. The van der Waals surface area contributed by atoms with E-state index >= 15 is 0 Å². The predicted octanol–water partition coefficient (Wildman–Crippen LogP) is 3.15. The van der Waals surface area contributed by atoms with Crippen LogP contribution in [0.4, 0.5) is 4.39 Å². The van der Waals surface area contributed by atoms with Crippen molar-refractivity contribution in [3.05, 3.63) is 70.9 Å². The molecule has 0 unspecified atom stereocenters. The monoisotopic (exact) mass is 440 g/mol. The lowest BCUT2D eigenvalue weighted by Crippen LogP contribution is -2.38. The van der Waals surface area contributed by atoms with Gasteiger partial charge in [0.25, 0.3) is 5.91 Å². The van der Waals surface area contributed by atoms with Crippen LogP contribution in [0.2, 0.25) is 0 Å². The molecule has 0 bridgehead atoms. The zero-order valence-electron chi connectivity index (χ0n) is 14.6. The Morgan fingerprint density at radius 1 is 1.18 bits per heavy atom. The second kappa shape index (κ2) is 6.52. The van der Waals surface area contributed by atoms with E-state index in [-0.39, 0.29) is 5.91 Å². The van der Waals surface area contributed by atoms with Gasteiger partial charge in [0, 0.05) is 30.0 Å². The van der Waals surface area contributed by atoms with Crippen LogP contribution < -0.4 is 0 Å². The predicted molar refractivity (Wildman–Crippen MR) is 103 cm³/mol. The fraction of sp³-hybridized carbons (Fsp3) is 0.158. The van der Waals surface area contributed by atoms with E-state index in [4.69, 9.17) is 0 Å². The van der Waals surface area contributed by atoms with Crippen LogP contribution in [0, 0.1) is 5.95 Å². The van der Waals surface area contributed by atoms with Crippen LogP contribution in [0.25, 0.3) is 16.8 Å². The molecule has 4 aromatic heterocycles. The number of aromatic nitrogens is 5. The largest absolute Gasteiger partial charge is 0.328 e. The van der Waals surface area contributed by atoms with E-state index < -0.39 is 5.95 Å². The Kier molecular flexibility index (Phi) is 3.97. The first-order chi connectivity index (χ1) is 13.6. The number of amides is 1. The summed E-state index contributed by atoms with van der Waals surface area (Å²) in [5.41, 5.74) is 2.31. The van der Waals surface area contributed by atoms with Gasteiger partial charge in [-0.05, 0) is 46.3 Å². The van der Waals surface area contributed by atoms with E-state index in [9.17, 15) is 9.18 Å². The first-order valence-corrected chi connectivity index (χ1v) is 9.49. The molecule has 140 valence electrons. The molecule has 9 heteroatoms. The fourth-order valence-electron chi connectivity index (χ4n) is 3.45. The SMILES string of the molecule is O=C(c1cc2ccc(Br)cn2n1)N1CCn2c(-c3cccnc3F)cnc2C1. The summed E-state index contributed by atoms with van der Waals surface area (Å²) in [5.74, 6) is 0.0344. The second-order valence-electron chi connectivity index (χ2n) is 6.53. The van der Waals surface area contributed by atoms with Gasteiger partial charge in [0.2, 0.25) is 5.95 Å². The van der Waals surface area contributed by atoms with Crippen LogP contribution in [-0.4, -0.2) is 41.5 Å². The van der Waals surface area contributed by atoms with Gasteiger partial charge in [0.15, 0.2) is 5.69 Å². The first kappa shape index (κ1) is 17.1. The third-order valence-corrected chi connectivity index (χ3v) is 5.30.